The van der Waals surface area contributed by atoms with Crippen LogP contribution in [0.25, 0.3) is 11.3 Å². The van der Waals surface area contributed by atoms with Gasteiger partial charge in [0.05, 0.1) is 17.9 Å². The summed E-state index contributed by atoms with van der Waals surface area (Å²) in [6.07, 6.45) is 12.2. The summed E-state index contributed by atoms with van der Waals surface area (Å²) in [7, 11) is 0. The third-order valence-electron chi connectivity index (χ3n) is 6.53. The van der Waals surface area contributed by atoms with E-state index in [1.165, 1.54) is 51.4 Å². The normalized spacial score (nSPS) is 13.4. The van der Waals surface area contributed by atoms with Crippen LogP contribution in [0.4, 0.5) is 0 Å². The summed E-state index contributed by atoms with van der Waals surface area (Å²) in [5, 5.41) is 13.9. The zero-order valence-corrected chi connectivity index (χ0v) is 20.6. The van der Waals surface area contributed by atoms with Crippen molar-refractivity contribution in [2.75, 3.05) is 13.1 Å². The second kappa shape index (κ2) is 14.1. The number of hydrogen-bond acceptors (Lipinski definition) is 3. The molecule has 5 heteroatoms. The fraction of sp³-hybridized carbons (Fsp3) is 0.630. The van der Waals surface area contributed by atoms with Crippen molar-refractivity contribution < 1.29 is 9.90 Å². The molecule has 0 saturated heterocycles. The Bertz CT molecular complexity index is 766. The van der Waals surface area contributed by atoms with E-state index in [4.69, 9.17) is 10.2 Å². The number of carboxylic acid groups (broad SMARTS) is 1. The number of hydrogen-bond donors (Lipinski definition) is 1. The predicted octanol–water partition coefficient (Wildman–Crippen LogP) is 6.94. The average molecular weight is 442 g/mol. The fourth-order valence-corrected chi connectivity index (χ4v) is 4.34. The van der Waals surface area contributed by atoms with Gasteiger partial charge in [-0.05, 0) is 42.9 Å². The lowest BCUT2D eigenvalue weighted by Gasteiger charge is -2.30. The zero-order chi connectivity index (χ0) is 23.3. The molecule has 0 aliphatic carbocycles. The minimum atomic E-state index is -0.903. The number of aromatic nitrogens is 2. The summed E-state index contributed by atoms with van der Waals surface area (Å²) in [6.45, 7) is 12.2. The standard InChI is InChI=1S/C27H43N3O2/c1-5-9-11-22(7-3)19-29(20-23(8-4)12-10-6-2)21-30-18-17-26(28-30)24-13-15-25(16-14-24)27(31)32/h13-18,22-23H,5-12,19-21H2,1-4H3,(H,31,32). The molecule has 1 aromatic carbocycles. The maximum absolute atomic E-state index is 11.1. The molecular weight excluding hydrogens is 398 g/mol. The molecule has 5 nitrogen and oxygen atoms in total. The van der Waals surface area contributed by atoms with Gasteiger partial charge in [-0.2, -0.15) is 5.10 Å². The van der Waals surface area contributed by atoms with Crippen LogP contribution in [0.15, 0.2) is 36.5 Å². The van der Waals surface area contributed by atoms with Crippen molar-refractivity contribution in [1.29, 1.82) is 0 Å². The zero-order valence-electron chi connectivity index (χ0n) is 20.6. The molecule has 0 radical (unpaired) electrons. The van der Waals surface area contributed by atoms with Crippen LogP contribution in [0.2, 0.25) is 0 Å². The van der Waals surface area contributed by atoms with E-state index in [0.717, 1.165) is 42.9 Å². The van der Waals surface area contributed by atoms with Crippen LogP contribution in [0.3, 0.4) is 0 Å². The molecule has 0 bridgehead atoms. The van der Waals surface area contributed by atoms with Crippen molar-refractivity contribution in [2.45, 2.75) is 85.7 Å². The lowest BCUT2D eigenvalue weighted by atomic mass is 9.96. The molecule has 0 aliphatic heterocycles. The Kier molecular flexibility index (Phi) is 11.5. The summed E-state index contributed by atoms with van der Waals surface area (Å²) in [5.74, 6) is 0.564. The van der Waals surface area contributed by atoms with Crippen LogP contribution in [-0.4, -0.2) is 38.8 Å². The van der Waals surface area contributed by atoms with Gasteiger partial charge in [-0.1, -0.05) is 78.4 Å². The van der Waals surface area contributed by atoms with Gasteiger partial charge in [-0.3, -0.25) is 9.58 Å². The number of rotatable bonds is 16. The van der Waals surface area contributed by atoms with E-state index in [1.807, 2.05) is 29.1 Å². The molecule has 0 amide bonds. The number of nitrogens with zero attached hydrogens (tertiary/aromatic N) is 3. The van der Waals surface area contributed by atoms with Crippen molar-refractivity contribution in [2.24, 2.45) is 11.8 Å². The van der Waals surface area contributed by atoms with Crippen LogP contribution >= 0.6 is 0 Å². The van der Waals surface area contributed by atoms with Gasteiger partial charge in [0.15, 0.2) is 0 Å². The molecule has 2 aromatic rings. The van der Waals surface area contributed by atoms with Gasteiger partial charge >= 0.3 is 5.97 Å². The molecule has 2 rings (SSSR count). The van der Waals surface area contributed by atoms with Crippen LogP contribution < -0.4 is 0 Å². The van der Waals surface area contributed by atoms with Gasteiger partial charge in [0.1, 0.15) is 0 Å². The Hall–Kier alpha value is -2.14. The smallest absolute Gasteiger partial charge is 0.335 e. The number of aromatic carboxylic acids is 1. The van der Waals surface area contributed by atoms with Crippen LogP contribution in [0.5, 0.6) is 0 Å². The SMILES string of the molecule is CCCCC(CC)CN(CC(CC)CCCC)Cn1ccc(-c2ccc(C(=O)O)cc2)n1. The summed E-state index contributed by atoms with van der Waals surface area (Å²) < 4.78 is 2.04. The monoisotopic (exact) mass is 441 g/mol. The first-order valence-corrected chi connectivity index (χ1v) is 12.6. The summed E-state index contributed by atoms with van der Waals surface area (Å²) in [4.78, 5) is 13.7. The maximum Gasteiger partial charge on any atom is 0.335 e. The van der Waals surface area contributed by atoms with Gasteiger partial charge in [-0.25, -0.2) is 4.79 Å². The highest BCUT2D eigenvalue weighted by atomic mass is 16.4. The molecule has 0 spiro atoms. The Morgan fingerprint density at radius 3 is 1.97 bits per heavy atom. The van der Waals surface area contributed by atoms with E-state index in [9.17, 15) is 4.79 Å². The molecule has 0 saturated carbocycles. The van der Waals surface area contributed by atoms with Gasteiger partial charge in [-0.15, -0.1) is 0 Å². The van der Waals surface area contributed by atoms with Gasteiger partial charge < -0.3 is 5.11 Å². The lowest BCUT2D eigenvalue weighted by molar-refractivity contribution is 0.0697. The van der Waals surface area contributed by atoms with E-state index >= 15 is 0 Å². The molecule has 2 unspecified atom stereocenters. The van der Waals surface area contributed by atoms with Gasteiger partial charge in [0, 0.05) is 24.8 Å². The van der Waals surface area contributed by atoms with Crippen molar-refractivity contribution in [1.82, 2.24) is 14.7 Å². The second-order valence-corrected chi connectivity index (χ2v) is 9.13. The van der Waals surface area contributed by atoms with Crippen LogP contribution in [-0.2, 0) is 6.67 Å². The third-order valence-corrected chi connectivity index (χ3v) is 6.53. The van der Waals surface area contributed by atoms with Gasteiger partial charge in [0.2, 0.25) is 0 Å². The van der Waals surface area contributed by atoms with E-state index in [2.05, 4.69) is 32.6 Å². The lowest BCUT2D eigenvalue weighted by Crippen LogP contribution is -2.35. The highest BCUT2D eigenvalue weighted by molar-refractivity contribution is 5.88. The van der Waals surface area contributed by atoms with Crippen molar-refractivity contribution in [3.8, 4) is 11.3 Å². The average Bonchev–Trinajstić information content (AvgIpc) is 3.27. The van der Waals surface area contributed by atoms with E-state index in [1.54, 1.807) is 12.1 Å². The van der Waals surface area contributed by atoms with E-state index in [0.29, 0.717) is 5.56 Å². The Morgan fingerprint density at radius 2 is 1.50 bits per heavy atom. The van der Waals surface area contributed by atoms with Crippen molar-refractivity contribution in [3.05, 3.63) is 42.1 Å². The molecule has 32 heavy (non-hydrogen) atoms. The summed E-state index contributed by atoms with van der Waals surface area (Å²) in [6, 6.07) is 8.98. The minimum absolute atomic E-state index is 0.301. The molecular formula is C27H43N3O2. The quantitative estimate of drug-likeness (QED) is 0.306. The minimum Gasteiger partial charge on any atom is -0.478 e. The number of benzene rings is 1. The fourth-order valence-electron chi connectivity index (χ4n) is 4.34. The number of carboxylic acids is 1. The molecule has 0 fully saturated rings. The number of carbonyl (C=O) groups is 1. The van der Waals surface area contributed by atoms with Crippen LogP contribution in [0.1, 0.15) is 89.4 Å². The first-order valence-electron chi connectivity index (χ1n) is 12.6. The predicted molar refractivity (Wildman–Crippen MR) is 133 cm³/mol. The molecule has 2 atom stereocenters. The van der Waals surface area contributed by atoms with Gasteiger partial charge in [0.25, 0.3) is 0 Å². The summed E-state index contributed by atoms with van der Waals surface area (Å²) >= 11 is 0. The van der Waals surface area contributed by atoms with E-state index in [-0.39, 0.29) is 0 Å². The highest BCUT2D eigenvalue weighted by Crippen LogP contribution is 2.21. The third kappa shape index (κ3) is 8.42. The molecule has 0 aliphatic rings. The van der Waals surface area contributed by atoms with Crippen molar-refractivity contribution >= 4 is 5.97 Å². The first kappa shape index (κ1) is 26.1. The first-order chi connectivity index (χ1) is 15.5. The molecule has 178 valence electrons. The van der Waals surface area contributed by atoms with Crippen LogP contribution in [0, 0.1) is 11.8 Å². The van der Waals surface area contributed by atoms with E-state index < -0.39 is 5.97 Å². The Labute approximate surface area is 194 Å². The topological polar surface area (TPSA) is 58.4 Å². The molecule has 1 heterocycles. The Balaban J connectivity index is 2.12. The molecule has 1 N–H and O–H groups in total. The maximum atomic E-state index is 11.1. The second-order valence-electron chi connectivity index (χ2n) is 9.13. The highest BCUT2D eigenvalue weighted by Gasteiger charge is 2.18. The summed E-state index contributed by atoms with van der Waals surface area (Å²) in [5.41, 5.74) is 2.14. The molecule has 1 aromatic heterocycles. The largest absolute Gasteiger partial charge is 0.478 e. The Morgan fingerprint density at radius 1 is 0.938 bits per heavy atom. The number of unbranched alkanes of at least 4 members (excludes halogenated alkanes) is 2. The van der Waals surface area contributed by atoms with Crippen molar-refractivity contribution in [3.63, 3.8) is 0 Å².